The summed E-state index contributed by atoms with van der Waals surface area (Å²) in [6.07, 6.45) is 3.33. The van der Waals surface area contributed by atoms with Crippen LogP contribution in [0.25, 0.3) is 0 Å². The minimum atomic E-state index is -1.02. The van der Waals surface area contributed by atoms with Crippen molar-refractivity contribution in [1.82, 2.24) is 10.6 Å². The molecule has 0 fully saturated rings. The standard InChI is InChI=1S/C13H24N2O3/c1-6-7-8-13(4,5)15-12(18)14-10(9(2)3)11(16)17/h6,9-10H,1,7-8H2,2-5H3,(H,16,17)(H2,14,15,18)/t10-/m0/s1. The van der Waals surface area contributed by atoms with Gasteiger partial charge in [0, 0.05) is 5.54 Å². The first-order valence-corrected chi connectivity index (χ1v) is 6.12. The third-order valence-electron chi connectivity index (χ3n) is 2.64. The molecule has 0 aliphatic carbocycles. The van der Waals surface area contributed by atoms with Crippen LogP contribution in [0.5, 0.6) is 0 Å². The molecule has 0 radical (unpaired) electrons. The fraction of sp³-hybridized carbons (Fsp3) is 0.692. The monoisotopic (exact) mass is 256 g/mol. The van der Waals surface area contributed by atoms with Gasteiger partial charge in [0.1, 0.15) is 6.04 Å². The molecule has 5 nitrogen and oxygen atoms in total. The van der Waals surface area contributed by atoms with Crippen LogP contribution in [0.2, 0.25) is 0 Å². The summed E-state index contributed by atoms with van der Waals surface area (Å²) in [6.45, 7) is 10.9. The van der Waals surface area contributed by atoms with Gasteiger partial charge >= 0.3 is 12.0 Å². The molecule has 5 heteroatoms. The predicted molar refractivity (Wildman–Crippen MR) is 71.4 cm³/mol. The van der Waals surface area contributed by atoms with Crippen LogP contribution in [0.15, 0.2) is 12.7 Å². The van der Waals surface area contributed by atoms with Crippen molar-refractivity contribution in [3.63, 3.8) is 0 Å². The molecular weight excluding hydrogens is 232 g/mol. The quantitative estimate of drug-likeness (QED) is 0.611. The molecule has 3 N–H and O–H groups in total. The van der Waals surface area contributed by atoms with E-state index in [4.69, 9.17) is 5.11 Å². The number of allylic oxidation sites excluding steroid dienone is 1. The zero-order valence-electron chi connectivity index (χ0n) is 11.6. The molecule has 0 aromatic rings. The first kappa shape index (κ1) is 16.5. The molecule has 0 saturated carbocycles. The van der Waals surface area contributed by atoms with Crippen molar-refractivity contribution in [3.05, 3.63) is 12.7 Å². The van der Waals surface area contributed by atoms with Gasteiger partial charge in [-0.15, -0.1) is 6.58 Å². The summed E-state index contributed by atoms with van der Waals surface area (Å²) in [4.78, 5) is 22.7. The summed E-state index contributed by atoms with van der Waals surface area (Å²) in [7, 11) is 0. The normalized spacial score (nSPS) is 12.9. The second-order valence-electron chi connectivity index (χ2n) is 5.37. The maximum atomic E-state index is 11.7. The van der Waals surface area contributed by atoms with Gasteiger partial charge in [0.25, 0.3) is 0 Å². The van der Waals surface area contributed by atoms with Gasteiger partial charge in [-0.25, -0.2) is 9.59 Å². The Morgan fingerprint density at radius 1 is 1.39 bits per heavy atom. The van der Waals surface area contributed by atoms with Gasteiger partial charge in [-0.2, -0.15) is 0 Å². The van der Waals surface area contributed by atoms with Crippen molar-refractivity contribution in [2.45, 2.75) is 52.1 Å². The van der Waals surface area contributed by atoms with Crippen LogP contribution < -0.4 is 10.6 Å². The molecule has 0 aromatic carbocycles. The highest BCUT2D eigenvalue weighted by molar-refractivity contribution is 5.83. The lowest BCUT2D eigenvalue weighted by Gasteiger charge is -2.27. The molecule has 0 aliphatic rings. The minimum Gasteiger partial charge on any atom is -0.480 e. The average molecular weight is 256 g/mol. The van der Waals surface area contributed by atoms with E-state index in [1.165, 1.54) is 0 Å². The van der Waals surface area contributed by atoms with Crippen molar-refractivity contribution in [3.8, 4) is 0 Å². The summed E-state index contributed by atoms with van der Waals surface area (Å²) in [5.74, 6) is -1.19. The van der Waals surface area contributed by atoms with Crippen molar-refractivity contribution >= 4 is 12.0 Å². The Balaban J connectivity index is 4.40. The van der Waals surface area contributed by atoms with Gasteiger partial charge in [-0.05, 0) is 32.6 Å². The molecule has 0 unspecified atom stereocenters. The number of amides is 2. The molecule has 0 heterocycles. The van der Waals surface area contributed by atoms with E-state index in [0.29, 0.717) is 0 Å². The maximum absolute atomic E-state index is 11.7. The lowest BCUT2D eigenvalue weighted by atomic mass is 9.98. The zero-order valence-corrected chi connectivity index (χ0v) is 11.6. The van der Waals surface area contributed by atoms with Crippen LogP contribution in [0, 0.1) is 5.92 Å². The number of carboxylic acids is 1. The Kier molecular flexibility index (Phi) is 6.44. The Morgan fingerprint density at radius 2 is 1.94 bits per heavy atom. The summed E-state index contributed by atoms with van der Waals surface area (Å²) < 4.78 is 0. The highest BCUT2D eigenvalue weighted by Crippen LogP contribution is 2.11. The number of hydrogen-bond acceptors (Lipinski definition) is 2. The molecule has 2 amide bonds. The number of carbonyl (C=O) groups is 2. The minimum absolute atomic E-state index is 0.162. The molecule has 1 atom stereocenters. The summed E-state index contributed by atoms with van der Waals surface area (Å²) >= 11 is 0. The number of carbonyl (C=O) groups excluding carboxylic acids is 1. The molecular formula is C13H24N2O3. The van der Waals surface area contributed by atoms with E-state index >= 15 is 0 Å². The maximum Gasteiger partial charge on any atom is 0.326 e. The van der Waals surface area contributed by atoms with Gasteiger partial charge in [0.2, 0.25) is 0 Å². The fourth-order valence-electron chi connectivity index (χ4n) is 1.52. The van der Waals surface area contributed by atoms with Crippen molar-refractivity contribution in [2.75, 3.05) is 0 Å². The third kappa shape index (κ3) is 6.27. The van der Waals surface area contributed by atoms with Crippen molar-refractivity contribution in [1.29, 1.82) is 0 Å². The van der Waals surface area contributed by atoms with Crippen LogP contribution in [-0.4, -0.2) is 28.7 Å². The summed E-state index contributed by atoms with van der Waals surface area (Å²) in [5.41, 5.74) is -0.391. The topological polar surface area (TPSA) is 78.4 Å². The SMILES string of the molecule is C=CCCC(C)(C)NC(=O)N[C@H](C(=O)O)C(C)C. The van der Waals surface area contributed by atoms with Crippen LogP contribution in [-0.2, 0) is 4.79 Å². The Labute approximate surface area is 109 Å². The van der Waals surface area contributed by atoms with E-state index < -0.39 is 23.6 Å². The van der Waals surface area contributed by atoms with Crippen molar-refractivity contribution < 1.29 is 14.7 Å². The number of rotatable bonds is 7. The lowest BCUT2D eigenvalue weighted by molar-refractivity contribution is -0.140. The van der Waals surface area contributed by atoms with E-state index in [9.17, 15) is 9.59 Å². The second kappa shape index (κ2) is 7.03. The van der Waals surface area contributed by atoms with Crippen LogP contribution in [0.4, 0.5) is 4.79 Å². The first-order valence-electron chi connectivity index (χ1n) is 6.12. The number of carboxylic acid groups (broad SMARTS) is 1. The molecule has 0 rings (SSSR count). The molecule has 0 aromatic heterocycles. The van der Waals surface area contributed by atoms with E-state index in [0.717, 1.165) is 12.8 Å². The molecule has 0 bridgehead atoms. The average Bonchev–Trinajstić information content (AvgIpc) is 2.21. The molecule has 0 aliphatic heterocycles. The summed E-state index contributed by atoms with van der Waals surface area (Å²) in [6, 6.07) is -1.33. The largest absolute Gasteiger partial charge is 0.480 e. The highest BCUT2D eigenvalue weighted by atomic mass is 16.4. The van der Waals surface area contributed by atoms with Crippen LogP contribution in [0.3, 0.4) is 0 Å². The van der Waals surface area contributed by atoms with Crippen molar-refractivity contribution in [2.24, 2.45) is 5.92 Å². The van der Waals surface area contributed by atoms with E-state index in [1.54, 1.807) is 19.9 Å². The van der Waals surface area contributed by atoms with Gasteiger partial charge in [0.05, 0.1) is 0 Å². The van der Waals surface area contributed by atoms with Crippen LogP contribution in [0.1, 0.15) is 40.5 Å². The Morgan fingerprint density at radius 3 is 2.33 bits per heavy atom. The van der Waals surface area contributed by atoms with Gasteiger partial charge in [0.15, 0.2) is 0 Å². The number of aliphatic carboxylic acids is 1. The van der Waals surface area contributed by atoms with E-state index in [-0.39, 0.29) is 5.92 Å². The number of hydrogen-bond donors (Lipinski definition) is 3. The smallest absolute Gasteiger partial charge is 0.326 e. The number of nitrogens with one attached hydrogen (secondary N) is 2. The predicted octanol–water partition coefficient (Wildman–Crippen LogP) is 2.14. The Bertz CT molecular complexity index is 311. The lowest BCUT2D eigenvalue weighted by Crippen LogP contribution is -2.54. The number of urea groups is 1. The third-order valence-corrected chi connectivity index (χ3v) is 2.64. The van der Waals surface area contributed by atoms with Gasteiger partial charge in [-0.1, -0.05) is 19.9 Å². The van der Waals surface area contributed by atoms with Gasteiger partial charge < -0.3 is 15.7 Å². The van der Waals surface area contributed by atoms with Gasteiger partial charge in [-0.3, -0.25) is 0 Å². The second-order valence-corrected chi connectivity index (χ2v) is 5.37. The molecule has 0 spiro atoms. The van der Waals surface area contributed by atoms with E-state index in [1.807, 2.05) is 13.8 Å². The first-order chi connectivity index (χ1) is 8.19. The fourth-order valence-corrected chi connectivity index (χ4v) is 1.52. The summed E-state index contributed by atoms with van der Waals surface area (Å²) in [5, 5.41) is 14.2. The van der Waals surface area contributed by atoms with E-state index in [2.05, 4.69) is 17.2 Å². The molecule has 18 heavy (non-hydrogen) atoms. The highest BCUT2D eigenvalue weighted by Gasteiger charge is 2.26. The zero-order chi connectivity index (χ0) is 14.3. The molecule has 104 valence electrons. The van der Waals surface area contributed by atoms with Crippen LogP contribution >= 0.6 is 0 Å². The molecule has 0 saturated heterocycles. The Hall–Kier alpha value is -1.52.